The summed E-state index contributed by atoms with van der Waals surface area (Å²) in [7, 11) is -2.63. The minimum atomic E-state index is -1.31. The maximum absolute atomic E-state index is 8.61. The van der Waals surface area contributed by atoms with Gasteiger partial charge in [0.15, 0.2) is 0 Å². The van der Waals surface area contributed by atoms with Crippen LogP contribution in [0, 0.1) is 0 Å². The molecular formula is C12H27B2N18NiO7-. The van der Waals surface area contributed by atoms with Gasteiger partial charge in [-0.15, -0.1) is 0 Å². The van der Waals surface area contributed by atoms with Gasteiger partial charge < -0.3 is 65.5 Å². The number of hydrogen-bond donors (Lipinski definition) is 0. The fraction of sp³-hybridized carbons (Fsp3) is 0. The normalized spacial score (nSPS) is 12.8. The van der Waals surface area contributed by atoms with Crippen molar-refractivity contribution in [3.05, 3.63) is 75.9 Å². The van der Waals surface area contributed by atoms with Gasteiger partial charge in [0.1, 0.15) is 38.0 Å². The Kier molecular flexibility index (Phi) is 10.2. The minimum Gasteiger partial charge on any atom is -0.536 e. The minimum absolute atomic E-state index is 0. The summed E-state index contributed by atoms with van der Waals surface area (Å²) in [6.45, 7) is 0. The molecule has 0 saturated heterocycles. The molecule has 224 valence electrons. The molecule has 0 radical (unpaired) electrons. The molecule has 0 saturated carbocycles. The molecule has 28 heteroatoms. The Morgan fingerprint density at radius 1 is 0.575 bits per heavy atom. The van der Waals surface area contributed by atoms with Crippen LogP contribution in [0.3, 0.4) is 0 Å². The van der Waals surface area contributed by atoms with Crippen LogP contribution in [0.5, 0.6) is 0 Å². The Balaban J connectivity index is -0.000000628. The molecule has 13 N–H and O–H groups in total. The van der Waals surface area contributed by atoms with Gasteiger partial charge in [-0.2, -0.15) is 0 Å². The van der Waals surface area contributed by atoms with E-state index in [-0.39, 0.29) is 21.8 Å². The summed E-state index contributed by atoms with van der Waals surface area (Å²) in [5, 5.41) is 33.0. The summed E-state index contributed by atoms with van der Waals surface area (Å²) in [4.78, 5) is 23.5. The third-order valence-corrected chi connectivity index (χ3v) is 4.54. The second-order valence-corrected chi connectivity index (χ2v) is 6.46. The molecule has 6 aromatic heterocycles. The Labute approximate surface area is 252 Å². The van der Waals surface area contributed by atoms with E-state index in [1.807, 2.05) is 0 Å². The van der Waals surface area contributed by atoms with Gasteiger partial charge in [-0.25, -0.2) is 60.5 Å². The van der Waals surface area contributed by atoms with E-state index in [1.165, 1.54) is 38.0 Å². The molecule has 0 bridgehead atoms. The Morgan fingerprint density at radius 2 is 0.725 bits per heavy atom. The van der Waals surface area contributed by atoms with Crippen molar-refractivity contribution in [1.82, 2.24) is 88.1 Å². The molecule has 40 heavy (non-hydrogen) atoms. The molecule has 6 rings (SSSR count). The van der Waals surface area contributed by atoms with Crippen LogP contribution < -0.4 is 5.26 Å². The summed E-state index contributed by atoms with van der Waals surface area (Å²) in [6.07, 6.45) is 18.5. The molecule has 6 aromatic rings. The van der Waals surface area contributed by atoms with Crippen molar-refractivity contribution in [2.45, 2.75) is 0 Å². The first-order valence-electron chi connectivity index (χ1n) is 14.8. The van der Waals surface area contributed by atoms with Crippen molar-refractivity contribution < 1.29 is 54.4 Å². The molecule has 25 nitrogen and oxygen atoms in total. The first-order valence-corrected chi connectivity index (χ1v) is 9.46. The van der Waals surface area contributed by atoms with Crippen LogP contribution in [0.15, 0.2) is 75.9 Å². The SMILES string of the molecule is [2H]O[2H].[2H]O[2H].[2H]O[2H].[2H]O[2H].[2H][O+]([2H])[2H].[2H][O+]([2H])[O-].[Ni].c1ncn([BH-](n2cncn2)n2cncn2)n1.c1ncn([BH-](n2cncn2)n2cncn2)n1. The van der Waals surface area contributed by atoms with Crippen LogP contribution in [0.2, 0.25) is 0 Å². The van der Waals surface area contributed by atoms with Gasteiger partial charge in [-0.1, -0.05) is 0 Å². The predicted octanol–water partition coefficient (Wildman–Crippen LogP) is -9.99. The molecule has 0 fully saturated rings. The first-order chi connectivity index (χ1) is 25.0. The molecule has 6 heterocycles. The van der Waals surface area contributed by atoms with Gasteiger partial charge in [0.2, 0.25) is 11.4 Å². The molecule has 0 spiro atoms. The zero-order valence-corrected chi connectivity index (χ0v) is 20.6. The van der Waals surface area contributed by atoms with Gasteiger partial charge in [-0.05, 0) is 0 Å². The molecular weight excluding hydrogens is 589 g/mol. The van der Waals surface area contributed by atoms with E-state index < -0.39 is 14.2 Å². The van der Waals surface area contributed by atoms with E-state index in [4.69, 9.17) is 23.9 Å². The summed E-state index contributed by atoms with van der Waals surface area (Å²) >= 11 is 0. The predicted molar refractivity (Wildman–Crippen MR) is 130 cm³/mol. The van der Waals surface area contributed by atoms with E-state index in [0.29, 0.717) is 5.48 Å². The smallest absolute Gasteiger partial charge is 0.495 e. The fourth-order valence-corrected chi connectivity index (χ4v) is 3.16. The molecule has 0 aliphatic heterocycles. The van der Waals surface area contributed by atoms with Crippen molar-refractivity contribution in [3.63, 3.8) is 0 Å². The molecule has 0 unspecified atom stereocenters. The standard InChI is InChI=1S/2C6H7BN9.Ni.H2O2.5H2O/c2*1-8-4-14(11-1)7(15-5-9-2-12-15)16-6-10-3-13-16;;1-2;;;;;/h2*1-7H;;1H2;5*1H2/q2*-1;;;;;;;/p+1/i;;;1D2;;;;;/hD11. The topological polar surface area (TPSA) is 389 Å². The van der Waals surface area contributed by atoms with E-state index in [2.05, 4.69) is 82.4 Å². The van der Waals surface area contributed by atoms with Crippen LogP contribution in [0.4, 0.5) is 0 Å². The number of nitrogens with zero attached hydrogens (tertiary/aromatic N) is 18. The van der Waals surface area contributed by atoms with Gasteiger partial charge in [0.25, 0.3) is 0 Å². The molecule has 0 aliphatic rings. The molecule has 0 aromatic carbocycles. The van der Waals surface area contributed by atoms with E-state index in [9.17, 15) is 0 Å². The third-order valence-electron chi connectivity index (χ3n) is 4.54. The van der Waals surface area contributed by atoms with Crippen molar-refractivity contribution >= 4 is 14.2 Å². The zero-order chi connectivity index (χ0) is 39.6. The Morgan fingerprint density at radius 3 is 0.825 bits per heavy atom. The van der Waals surface area contributed by atoms with Gasteiger partial charge in [0, 0.05) is 16.5 Å². The van der Waals surface area contributed by atoms with Crippen LogP contribution in [-0.4, -0.2) is 148 Å². The Hall–Kier alpha value is -4.82. The molecule has 0 amide bonds. The zero-order valence-electron chi connectivity index (χ0n) is 32.6. The van der Waals surface area contributed by atoms with Crippen molar-refractivity contribution in [2.24, 2.45) is 0 Å². The van der Waals surface area contributed by atoms with Crippen LogP contribution in [-0.2, 0) is 22.0 Å². The van der Waals surface area contributed by atoms with Crippen LogP contribution in [0.25, 0.3) is 0 Å². The summed E-state index contributed by atoms with van der Waals surface area (Å²) in [5.41, 5.74) is 11.3. The average molecular weight is 629 g/mol. The fourth-order valence-electron chi connectivity index (χ4n) is 3.16. The van der Waals surface area contributed by atoms with Crippen LogP contribution in [0.1, 0.15) is 0 Å². The number of hydrogen-bond acceptors (Lipinski definition) is 13. The molecule has 0 aliphatic carbocycles. The number of rotatable bonds is 6. The van der Waals surface area contributed by atoms with Crippen molar-refractivity contribution in [2.75, 3.05) is 0 Å². The second-order valence-electron chi connectivity index (χ2n) is 6.46. The van der Waals surface area contributed by atoms with Crippen LogP contribution >= 0.6 is 0 Å². The Bertz CT molecular complexity index is 1210. The van der Waals surface area contributed by atoms with E-state index in [0.717, 1.165) is 0 Å². The maximum atomic E-state index is 8.61. The third kappa shape index (κ3) is 9.18. The van der Waals surface area contributed by atoms with Gasteiger partial charge in [-0.3, -0.25) is 0 Å². The largest absolute Gasteiger partial charge is 0.536 e. The average Bonchev–Trinajstić information content (AvgIpc) is 3.93. The van der Waals surface area contributed by atoms with E-state index in [1.54, 1.807) is 65.5 Å². The monoisotopic (exact) mass is 628 g/mol. The van der Waals surface area contributed by atoms with Gasteiger partial charge in [0.05, 0.1) is 38.0 Å². The summed E-state index contributed by atoms with van der Waals surface area (Å²) in [6, 6.07) is 0. The van der Waals surface area contributed by atoms with E-state index >= 15 is 0 Å². The molecule has 0 atom stereocenters. The summed E-state index contributed by atoms with van der Waals surface area (Å²) in [5.74, 6) is 0. The summed E-state index contributed by atoms with van der Waals surface area (Å²) < 4.78 is 81.0. The van der Waals surface area contributed by atoms with Crippen molar-refractivity contribution in [1.29, 1.82) is 18.6 Å². The van der Waals surface area contributed by atoms with Gasteiger partial charge >= 0.3 is 21.4 Å². The van der Waals surface area contributed by atoms with Crippen molar-refractivity contribution in [3.8, 4) is 0 Å². The first kappa shape index (κ1) is 20.1. The second kappa shape index (κ2) is 20.2. The number of aromatic nitrogens is 18. The maximum Gasteiger partial charge on any atom is 0.495 e. The quantitative estimate of drug-likeness (QED) is 0.0716.